The van der Waals surface area contributed by atoms with Crippen LogP contribution >= 0.6 is 11.3 Å². The van der Waals surface area contributed by atoms with Gasteiger partial charge >= 0.3 is 0 Å². The Labute approximate surface area is 178 Å². The predicted octanol–water partition coefficient (Wildman–Crippen LogP) is 4.85. The fourth-order valence-electron chi connectivity index (χ4n) is 3.24. The topological polar surface area (TPSA) is 76.0 Å². The number of amides is 1. The Bertz CT molecular complexity index is 1260. The molecule has 0 saturated heterocycles. The van der Waals surface area contributed by atoms with Crippen LogP contribution in [0.3, 0.4) is 0 Å². The molecule has 2 aromatic carbocycles. The van der Waals surface area contributed by atoms with Crippen molar-refractivity contribution in [2.45, 2.75) is 26.8 Å². The molecular formula is C23H22N4O2S. The number of fused-ring (bicyclic) bond motifs is 1. The molecule has 0 fully saturated rings. The van der Waals surface area contributed by atoms with Gasteiger partial charge in [0.15, 0.2) is 0 Å². The van der Waals surface area contributed by atoms with Crippen molar-refractivity contribution in [3.8, 4) is 0 Å². The smallest absolute Gasteiger partial charge is 0.262 e. The summed E-state index contributed by atoms with van der Waals surface area (Å²) in [6.45, 7) is 4.20. The minimum absolute atomic E-state index is 0.0938. The second-order valence-corrected chi connectivity index (χ2v) is 8.28. The molecule has 0 aliphatic heterocycles. The van der Waals surface area contributed by atoms with E-state index in [-0.39, 0.29) is 24.4 Å². The number of hydrogen-bond acceptors (Lipinski definition) is 5. The molecule has 2 heterocycles. The zero-order valence-corrected chi connectivity index (χ0v) is 17.6. The van der Waals surface area contributed by atoms with Crippen LogP contribution in [0.4, 0.5) is 17.1 Å². The van der Waals surface area contributed by atoms with Crippen molar-refractivity contribution in [3.63, 3.8) is 0 Å². The number of carbonyl (C=O) groups is 1. The van der Waals surface area contributed by atoms with E-state index in [0.717, 1.165) is 26.6 Å². The van der Waals surface area contributed by atoms with E-state index in [1.807, 2.05) is 68.4 Å². The van der Waals surface area contributed by atoms with Gasteiger partial charge < -0.3 is 10.6 Å². The number of rotatable bonds is 6. The van der Waals surface area contributed by atoms with Gasteiger partial charge in [0.1, 0.15) is 4.83 Å². The van der Waals surface area contributed by atoms with Gasteiger partial charge in [0.25, 0.3) is 5.56 Å². The molecular weight excluding hydrogens is 396 g/mol. The van der Waals surface area contributed by atoms with Crippen LogP contribution in [0.5, 0.6) is 0 Å². The highest BCUT2D eigenvalue weighted by atomic mass is 32.1. The molecule has 0 aliphatic carbocycles. The molecule has 2 N–H and O–H groups in total. The molecule has 0 spiro atoms. The standard InChI is InChI=1S/C23H22N4O2S/c1-15-16(2)30-22-21(15)23(29)27(14-24-22)12-11-20(28)26-19-10-6-9-18(13-19)25-17-7-4-3-5-8-17/h3-10,13-14,25H,11-12H2,1-2H3,(H,26,28). The van der Waals surface area contributed by atoms with E-state index in [1.54, 1.807) is 0 Å². The number of nitrogens with one attached hydrogen (secondary N) is 2. The minimum Gasteiger partial charge on any atom is -0.355 e. The fraction of sp³-hybridized carbons (Fsp3) is 0.174. The number of hydrogen-bond donors (Lipinski definition) is 2. The molecule has 0 radical (unpaired) electrons. The first-order chi connectivity index (χ1) is 14.5. The molecule has 4 rings (SSSR count). The summed E-state index contributed by atoms with van der Waals surface area (Å²) in [5.41, 5.74) is 3.43. The van der Waals surface area contributed by atoms with E-state index in [9.17, 15) is 9.59 Å². The summed E-state index contributed by atoms with van der Waals surface area (Å²) in [6.07, 6.45) is 1.71. The third-order valence-corrected chi connectivity index (χ3v) is 6.06. The summed E-state index contributed by atoms with van der Waals surface area (Å²) in [7, 11) is 0. The van der Waals surface area contributed by atoms with E-state index in [2.05, 4.69) is 15.6 Å². The number of benzene rings is 2. The van der Waals surface area contributed by atoms with Gasteiger partial charge in [-0.25, -0.2) is 4.98 Å². The normalized spacial score (nSPS) is 10.9. The van der Waals surface area contributed by atoms with Crippen molar-refractivity contribution in [2.24, 2.45) is 0 Å². The summed E-state index contributed by atoms with van der Waals surface area (Å²) in [5.74, 6) is -0.155. The molecule has 0 bridgehead atoms. The first-order valence-electron chi connectivity index (χ1n) is 9.68. The maximum Gasteiger partial charge on any atom is 0.262 e. The largest absolute Gasteiger partial charge is 0.355 e. The van der Waals surface area contributed by atoms with Crippen LogP contribution in [-0.2, 0) is 11.3 Å². The highest BCUT2D eigenvalue weighted by Gasteiger charge is 2.13. The van der Waals surface area contributed by atoms with Gasteiger partial charge in [-0.3, -0.25) is 14.2 Å². The zero-order valence-electron chi connectivity index (χ0n) is 16.8. The SMILES string of the molecule is Cc1sc2ncn(CCC(=O)Nc3cccc(Nc4ccccc4)c3)c(=O)c2c1C. The van der Waals surface area contributed by atoms with Crippen molar-refractivity contribution in [1.82, 2.24) is 9.55 Å². The number of carbonyl (C=O) groups excluding carboxylic acids is 1. The van der Waals surface area contributed by atoms with E-state index in [4.69, 9.17) is 0 Å². The Morgan fingerprint density at radius 1 is 1.03 bits per heavy atom. The first-order valence-corrected chi connectivity index (χ1v) is 10.5. The molecule has 0 saturated carbocycles. The minimum atomic E-state index is -0.155. The number of thiophene rings is 1. The van der Waals surface area contributed by atoms with Crippen LogP contribution in [0.2, 0.25) is 0 Å². The third-order valence-electron chi connectivity index (χ3n) is 4.94. The van der Waals surface area contributed by atoms with Crippen molar-refractivity contribution < 1.29 is 4.79 Å². The Kier molecular flexibility index (Phi) is 5.63. The Morgan fingerprint density at radius 3 is 2.57 bits per heavy atom. The highest BCUT2D eigenvalue weighted by Crippen LogP contribution is 2.25. The Hall–Kier alpha value is -3.45. The Balaban J connectivity index is 1.41. The number of para-hydroxylation sites is 1. The van der Waals surface area contributed by atoms with Gasteiger partial charge in [0.05, 0.1) is 11.7 Å². The number of nitrogens with zero attached hydrogens (tertiary/aromatic N) is 2. The van der Waals surface area contributed by atoms with Gasteiger partial charge in [-0.1, -0.05) is 24.3 Å². The Morgan fingerprint density at radius 2 is 1.77 bits per heavy atom. The van der Waals surface area contributed by atoms with Gasteiger partial charge in [-0.05, 0) is 49.7 Å². The van der Waals surface area contributed by atoms with Crippen LogP contribution in [-0.4, -0.2) is 15.5 Å². The lowest BCUT2D eigenvalue weighted by Crippen LogP contribution is -2.23. The molecule has 1 amide bonds. The van der Waals surface area contributed by atoms with Crippen LogP contribution in [0, 0.1) is 13.8 Å². The van der Waals surface area contributed by atoms with Crippen molar-refractivity contribution in [1.29, 1.82) is 0 Å². The van der Waals surface area contributed by atoms with Crippen molar-refractivity contribution >= 4 is 44.5 Å². The van der Waals surface area contributed by atoms with Crippen LogP contribution in [0.15, 0.2) is 65.7 Å². The number of aryl methyl sites for hydroxylation is 3. The fourth-order valence-corrected chi connectivity index (χ4v) is 4.23. The number of aromatic nitrogens is 2. The van der Waals surface area contributed by atoms with E-state index in [0.29, 0.717) is 11.1 Å². The molecule has 152 valence electrons. The van der Waals surface area contributed by atoms with Gasteiger partial charge in [0.2, 0.25) is 5.91 Å². The van der Waals surface area contributed by atoms with Crippen molar-refractivity contribution in [2.75, 3.05) is 10.6 Å². The zero-order chi connectivity index (χ0) is 21.1. The summed E-state index contributed by atoms with van der Waals surface area (Å²) in [4.78, 5) is 31.4. The summed E-state index contributed by atoms with van der Waals surface area (Å²) < 4.78 is 1.51. The maximum absolute atomic E-state index is 12.7. The molecule has 30 heavy (non-hydrogen) atoms. The lowest BCUT2D eigenvalue weighted by molar-refractivity contribution is -0.116. The average Bonchev–Trinajstić information content (AvgIpc) is 3.03. The van der Waals surface area contributed by atoms with Crippen LogP contribution in [0.25, 0.3) is 10.2 Å². The molecule has 0 unspecified atom stereocenters. The highest BCUT2D eigenvalue weighted by molar-refractivity contribution is 7.18. The second-order valence-electron chi connectivity index (χ2n) is 7.08. The molecule has 2 aromatic heterocycles. The maximum atomic E-state index is 12.7. The van der Waals surface area contributed by atoms with E-state index in [1.165, 1.54) is 22.2 Å². The monoisotopic (exact) mass is 418 g/mol. The lowest BCUT2D eigenvalue weighted by atomic mass is 10.2. The summed E-state index contributed by atoms with van der Waals surface area (Å²) in [6, 6.07) is 17.4. The third kappa shape index (κ3) is 4.26. The first kappa shape index (κ1) is 19.8. The number of anilines is 3. The van der Waals surface area contributed by atoms with Gasteiger partial charge in [-0.2, -0.15) is 0 Å². The second kappa shape index (κ2) is 8.51. The van der Waals surface area contributed by atoms with E-state index < -0.39 is 0 Å². The van der Waals surface area contributed by atoms with Crippen molar-refractivity contribution in [3.05, 3.63) is 81.7 Å². The predicted molar refractivity (Wildman–Crippen MR) is 123 cm³/mol. The molecule has 6 nitrogen and oxygen atoms in total. The molecule has 7 heteroatoms. The van der Waals surface area contributed by atoms with Crippen LogP contribution in [0.1, 0.15) is 16.9 Å². The van der Waals surface area contributed by atoms with Gasteiger partial charge in [0, 0.05) is 34.9 Å². The van der Waals surface area contributed by atoms with Crippen LogP contribution < -0.4 is 16.2 Å². The summed E-state index contributed by atoms with van der Waals surface area (Å²) in [5, 5.41) is 6.85. The quantitative estimate of drug-likeness (QED) is 0.469. The van der Waals surface area contributed by atoms with Gasteiger partial charge in [-0.15, -0.1) is 11.3 Å². The average molecular weight is 419 g/mol. The molecule has 0 atom stereocenters. The lowest BCUT2D eigenvalue weighted by Gasteiger charge is -2.10. The molecule has 0 aliphatic rings. The van der Waals surface area contributed by atoms with E-state index >= 15 is 0 Å². The molecule has 4 aromatic rings. The summed E-state index contributed by atoms with van der Waals surface area (Å²) >= 11 is 1.52.